The number of sulfone groups is 1. The number of hydrogen-bond acceptors (Lipinski definition) is 5. The van der Waals surface area contributed by atoms with Gasteiger partial charge in [0.15, 0.2) is 0 Å². The molecule has 0 bridgehead atoms. The van der Waals surface area contributed by atoms with Gasteiger partial charge in [0.05, 0.1) is 10.9 Å². The standard InChI is InChI=1S/C11H10N2O4S/c1-2-8-18(15,16)11-10(13(14)17-12-11)9-6-4-3-5-7-9/h2-7H,1,8H2. The molecule has 7 heteroatoms. The van der Waals surface area contributed by atoms with Gasteiger partial charge in [0.25, 0.3) is 0 Å². The minimum absolute atomic E-state index is 0.0886. The molecule has 0 amide bonds. The van der Waals surface area contributed by atoms with Crippen molar-refractivity contribution < 1.29 is 17.9 Å². The van der Waals surface area contributed by atoms with Gasteiger partial charge < -0.3 is 5.21 Å². The van der Waals surface area contributed by atoms with E-state index in [-0.39, 0.29) is 21.4 Å². The van der Waals surface area contributed by atoms with Crippen molar-refractivity contribution >= 4 is 9.84 Å². The highest BCUT2D eigenvalue weighted by atomic mass is 32.2. The van der Waals surface area contributed by atoms with Crippen molar-refractivity contribution in [3.05, 3.63) is 48.2 Å². The molecule has 0 saturated carbocycles. The summed E-state index contributed by atoms with van der Waals surface area (Å²) in [4.78, 5) is 0.0886. The van der Waals surface area contributed by atoms with Gasteiger partial charge in [0.1, 0.15) is 0 Å². The van der Waals surface area contributed by atoms with E-state index in [1.54, 1.807) is 30.3 Å². The Kier molecular flexibility index (Phi) is 3.15. The average Bonchev–Trinajstić information content (AvgIpc) is 2.73. The van der Waals surface area contributed by atoms with Crippen molar-refractivity contribution in [1.82, 2.24) is 5.16 Å². The summed E-state index contributed by atoms with van der Waals surface area (Å²) in [5.74, 6) is -0.306. The van der Waals surface area contributed by atoms with Crippen molar-refractivity contribution in [3.8, 4) is 11.3 Å². The van der Waals surface area contributed by atoms with E-state index < -0.39 is 9.84 Å². The van der Waals surface area contributed by atoms with E-state index >= 15 is 0 Å². The number of aromatic nitrogens is 2. The van der Waals surface area contributed by atoms with Crippen LogP contribution in [0.15, 0.2) is 52.6 Å². The fourth-order valence-corrected chi connectivity index (χ4v) is 2.60. The number of hydrogen-bond donors (Lipinski definition) is 0. The summed E-state index contributed by atoms with van der Waals surface area (Å²) in [6.07, 6.45) is 1.23. The van der Waals surface area contributed by atoms with Gasteiger partial charge in [-0.25, -0.2) is 8.42 Å². The Morgan fingerprint density at radius 3 is 2.67 bits per heavy atom. The third-order valence-electron chi connectivity index (χ3n) is 2.26. The molecule has 0 atom stereocenters. The maximum atomic E-state index is 11.9. The van der Waals surface area contributed by atoms with Crippen LogP contribution in [0, 0.1) is 5.21 Å². The summed E-state index contributed by atoms with van der Waals surface area (Å²) in [7, 11) is -3.71. The van der Waals surface area contributed by atoms with Crippen LogP contribution in [-0.2, 0) is 9.84 Å². The fraction of sp³-hybridized carbons (Fsp3) is 0.0909. The van der Waals surface area contributed by atoms with Crippen LogP contribution in [0.1, 0.15) is 0 Å². The van der Waals surface area contributed by atoms with Gasteiger partial charge in [-0.2, -0.15) is 0 Å². The van der Waals surface area contributed by atoms with Gasteiger partial charge in [0.2, 0.25) is 15.5 Å². The van der Waals surface area contributed by atoms with Crippen molar-refractivity contribution in [2.45, 2.75) is 5.03 Å². The summed E-state index contributed by atoms with van der Waals surface area (Å²) in [5.41, 5.74) is 0.314. The van der Waals surface area contributed by atoms with Gasteiger partial charge in [-0.1, -0.05) is 36.4 Å². The molecule has 2 rings (SSSR count). The summed E-state index contributed by atoms with van der Waals surface area (Å²) in [6, 6.07) is 8.34. The minimum Gasteiger partial charge on any atom is -0.359 e. The Morgan fingerprint density at radius 2 is 2.06 bits per heavy atom. The highest BCUT2D eigenvalue weighted by Gasteiger charge is 2.31. The van der Waals surface area contributed by atoms with Crippen LogP contribution in [-0.4, -0.2) is 19.3 Å². The summed E-state index contributed by atoms with van der Waals surface area (Å²) >= 11 is 0. The summed E-state index contributed by atoms with van der Waals surface area (Å²) < 4.78 is 28.2. The Balaban J connectivity index is 2.63. The van der Waals surface area contributed by atoms with Gasteiger partial charge in [-0.05, 0) is 4.90 Å². The molecule has 1 aromatic heterocycles. The topological polar surface area (TPSA) is 87.1 Å². The lowest BCUT2D eigenvalue weighted by Crippen LogP contribution is -2.26. The maximum absolute atomic E-state index is 11.9. The first-order valence-electron chi connectivity index (χ1n) is 5.05. The molecule has 2 aromatic rings. The molecule has 0 aliphatic heterocycles. The van der Waals surface area contributed by atoms with Crippen LogP contribution in [0.3, 0.4) is 0 Å². The molecular weight excluding hydrogens is 256 g/mol. The lowest BCUT2D eigenvalue weighted by atomic mass is 10.2. The first kappa shape index (κ1) is 12.3. The lowest BCUT2D eigenvalue weighted by Gasteiger charge is -1.98. The highest BCUT2D eigenvalue weighted by Crippen LogP contribution is 2.23. The lowest BCUT2D eigenvalue weighted by molar-refractivity contribution is -0.793. The summed E-state index contributed by atoms with van der Waals surface area (Å²) in [5, 5.41) is 14.4. The molecule has 0 spiro atoms. The first-order valence-corrected chi connectivity index (χ1v) is 6.70. The largest absolute Gasteiger partial charge is 0.359 e. The second kappa shape index (κ2) is 4.61. The van der Waals surface area contributed by atoms with Crippen LogP contribution >= 0.6 is 0 Å². The second-order valence-corrected chi connectivity index (χ2v) is 5.47. The van der Waals surface area contributed by atoms with Crippen molar-refractivity contribution in [3.63, 3.8) is 0 Å². The maximum Gasteiger partial charge on any atom is 0.339 e. The fourth-order valence-electron chi connectivity index (χ4n) is 1.50. The van der Waals surface area contributed by atoms with Crippen molar-refractivity contribution in [2.75, 3.05) is 5.75 Å². The van der Waals surface area contributed by atoms with E-state index in [0.717, 1.165) is 0 Å². The van der Waals surface area contributed by atoms with E-state index in [2.05, 4.69) is 16.4 Å². The van der Waals surface area contributed by atoms with Crippen LogP contribution in [0.5, 0.6) is 0 Å². The highest BCUT2D eigenvalue weighted by molar-refractivity contribution is 7.91. The Morgan fingerprint density at radius 1 is 1.39 bits per heavy atom. The predicted octanol–water partition coefficient (Wildman–Crippen LogP) is 0.935. The van der Waals surface area contributed by atoms with Crippen molar-refractivity contribution in [2.24, 2.45) is 0 Å². The normalized spacial score (nSPS) is 11.3. The van der Waals surface area contributed by atoms with E-state index in [1.165, 1.54) is 6.08 Å². The van der Waals surface area contributed by atoms with Gasteiger partial charge >= 0.3 is 5.03 Å². The van der Waals surface area contributed by atoms with E-state index in [9.17, 15) is 13.6 Å². The van der Waals surface area contributed by atoms with Gasteiger partial charge in [0, 0.05) is 5.56 Å². The molecule has 1 heterocycles. The number of nitrogens with zero attached hydrogens (tertiary/aromatic N) is 2. The second-order valence-electron chi connectivity index (χ2n) is 3.52. The summed E-state index contributed by atoms with van der Waals surface area (Å²) in [6.45, 7) is 3.36. The smallest absolute Gasteiger partial charge is 0.339 e. The van der Waals surface area contributed by atoms with Gasteiger partial charge in [-0.3, -0.25) is 4.63 Å². The molecular formula is C11H10N2O4S. The molecule has 0 saturated heterocycles. The molecule has 94 valence electrons. The van der Waals surface area contributed by atoms with Crippen LogP contribution in [0.25, 0.3) is 11.3 Å². The molecule has 0 radical (unpaired) electrons. The Bertz CT molecular complexity index is 662. The molecule has 0 N–H and O–H groups in total. The molecule has 1 aromatic carbocycles. The van der Waals surface area contributed by atoms with E-state index in [4.69, 9.17) is 0 Å². The van der Waals surface area contributed by atoms with Crippen LogP contribution < -0.4 is 4.90 Å². The van der Waals surface area contributed by atoms with Crippen LogP contribution in [0.2, 0.25) is 0 Å². The number of benzene rings is 1. The molecule has 0 aliphatic carbocycles. The molecule has 6 nitrogen and oxygen atoms in total. The third-order valence-corrected chi connectivity index (χ3v) is 3.79. The van der Waals surface area contributed by atoms with Crippen LogP contribution in [0.4, 0.5) is 0 Å². The van der Waals surface area contributed by atoms with E-state index in [0.29, 0.717) is 5.56 Å². The SMILES string of the molecule is C=CCS(=O)(=O)c1no[n+]([O-])c1-c1ccccc1. The monoisotopic (exact) mass is 266 g/mol. The zero-order valence-electron chi connectivity index (χ0n) is 9.31. The predicted molar refractivity (Wildman–Crippen MR) is 63.1 cm³/mol. The molecule has 18 heavy (non-hydrogen) atoms. The third kappa shape index (κ3) is 2.12. The quantitative estimate of drug-likeness (QED) is 0.607. The average molecular weight is 266 g/mol. The Labute approximate surface area is 104 Å². The molecule has 0 fully saturated rings. The minimum atomic E-state index is -3.71. The number of rotatable bonds is 4. The first-order chi connectivity index (χ1) is 8.56. The molecule has 0 aliphatic rings. The van der Waals surface area contributed by atoms with Crippen molar-refractivity contribution in [1.29, 1.82) is 0 Å². The molecule has 0 unspecified atom stereocenters. The zero-order chi connectivity index (χ0) is 13.2. The van der Waals surface area contributed by atoms with E-state index in [1.807, 2.05) is 0 Å². The van der Waals surface area contributed by atoms with Gasteiger partial charge in [-0.15, -0.1) is 6.58 Å². The zero-order valence-corrected chi connectivity index (χ0v) is 10.1. The Hall–Kier alpha value is -2.15.